The molecule has 0 saturated heterocycles. The van der Waals surface area contributed by atoms with E-state index in [1.165, 1.54) is 49.8 Å². The lowest BCUT2D eigenvalue weighted by Crippen LogP contribution is -2.39. The van der Waals surface area contributed by atoms with E-state index in [-0.39, 0.29) is 11.3 Å². The molecule has 1 aromatic carbocycles. The fourth-order valence-electron chi connectivity index (χ4n) is 5.47. The third-order valence-electron chi connectivity index (χ3n) is 7.25. The van der Waals surface area contributed by atoms with Crippen LogP contribution in [-0.2, 0) is 6.42 Å². The molecule has 0 radical (unpaired) electrons. The summed E-state index contributed by atoms with van der Waals surface area (Å²) in [7, 11) is 0. The summed E-state index contributed by atoms with van der Waals surface area (Å²) in [6, 6.07) is 4.48. The van der Waals surface area contributed by atoms with Crippen LogP contribution in [0.25, 0.3) is 0 Å². The second-order valence-corrected chi connectivity index (χ2v) is 9.10. The van der Waals surface area contributed by atoms with Gasteiger partial charge >= 0.3 is 5.97 Å². The number of phenols is 1. The fraction of sp³-hybridized carbons (Fsp3) is 0.560. The first-order valence-electron chi connectivity index (χ1n) is 10.7. The molecule has 1 fully saturated rings. The van der Waals surface area contributed by atoms with E-state index in [4.69, 9.17) is 5.11 Å². The summed E-state index contributed by atoms with van der Waals surface area (Å²) < 4.78 is 0. The van der Waals surface area contributed by atoms with Crippen LogP contribution in [0.15, 0.2) is 41.5 Å². The molecule has 2 aliphatic rings. The first-order chi connectivity index (χ1) is 13.3. The van der Waals surface area contributed by atoms with Gasteiger partial charge in [-0.3, -0.25) is 0 Å². The third-order valence-corrected chi connectivity index (χ3v) is 7.25. The molecule has 0 spiro atoms. The van der Waals surface area contributed by atoms with Crippen LogP contribution < -0.4 is 0 Å². The SMILES string of the molecule is C/C(=C\Cc1cc(C(=O)O)ccc1O)CCC1=CCCC2C(C)CCC[C@@]12C. The Morgan fingerprint density at radius 2 is 2.11 bits per heavy atom. The van der Waals surface area contributed by atoms with Crippen LogP contribution in [0.4, 0.5) is 0 Å². The van der Waals surface area contributed by atoms with E-state index in [2.05, 4.69) is 32.9 Å². The molecule has 152 valence electrons. The third kappa shape index (κ3) is 4.34. The van der Waals surface area contributed by atoms with E-state index in [9.17, 15) is 9.90 Å². The molecule has 3 rings (SSSR count). The first-order valence-corrected chi connectivity index (χ1v) is 10.7. The Hall–Kier alpha value is -2.03. The number of allylic oxidation sites excluding steroid dienone is 4. The predicted octanol–water partition coefficient (Wildman–Crippen LogP) is 6.52. The molecule has 0 aliphatic heterocycles. The summed E-state index contributed by atoms with van der Waals surface area (Å²) in [5, 5.41) is 19.2. The number of aromatic hydroxyl groups is 1. The molecule has 3 heteroatoms. The average Bonchev–Trinajstić information content (AvgIpc) is 2.65. The smallest absolute Gasteiger partial charge is 0.335 e. The summed E-state index contributed by atoms with van der Waals surface area (Å²) >= 11 is 0. The average molecular weight is 383 g/mol. The van der Waals surface area contributed by atoms with Crippen molar-refractivity contribution in [1.29, 1.82) is 0 Å². The summed E-state index contributed by atoms with van der Waals surface area (Å²) in [5.74, 6) is 0.871. The van der Waals surface area contributed by atoms with E-state index < -0.39 is 5.97 Å². The summed E-state index contributed by atoms with van der Waals surface area (Å²) in [6.07, 6.45) is 14.0. The van der Waals surface area contributed by atoms with Gasteiger partial charge < -0.3 is 10.2 Å². The van der Waals surface area contributed by atoms with Gasteiger partial charge in [0.05, 0.1) is 5.56 Å². The minimum atomic E-state index is -0.962. The van der Waals surface area contributed by atoms with Crippen LogP contribution in [0.5, 0.6) is 5.75 Å². The van der Waals surface area contributed by atoms with Crippen molar-refractivity contribution < 1.29 is 15.0 Å². The van der Waals surface area contributed by atoms with Gasteiger partial charge in [-0.2, -0.15) is 0 Å². The summed E-state index contributed by atoms with van der Waals surface area (Å²) in [6.45, 7) is 7.07. The highest BCUT2D eigenvalue weighted by Gasteiger charge is 2.43. The number of carboxylic acids is 1. The van der Waals surface area contributed by atoms with Gasteiger partial charge in [-0.25, -0.2) is 4.79 Å². The molecule has 2 N–H and O–H groups in total. The lowest BCUT2D eigenvalue weighted by Gasteiger charge is -2.49. The van der Waals surface area contributed by atoms with E-state index in [0.29, 0.717) is 17.4 Å². The maximum Gasteiger partial charge on any atom is 0.335 e. The zero-order valence-electron chi connectivity index (χ0n) is 17.5. The molecule has 0 bridgehead atoms. The highest BCUT2D eigenvalue weighted by Crippen LogP contribution is 2.54. The lowest BCUT2D eigenvalue weighted by atomic mass is 9.55. The Bertz CT molecular complexity index is 789. The molecular formula is C25H34O3. The van der Waals surface area contributed by atoms with Crippen LogP contribution in [-0.4, -0.2) is 16.2 Å². The molecule has 2 aliphatic carbocycles. The van der Waals surface area contributed by atoms with Gasteiger partial charge in [0.2, 0.25) is 0 Å². The normalized spacial score (nSPS) is 27.8. The monoisotopic (exact) mass is 382 g/mol. The van der Waals surface area contributed by atoms with Crippen molar-refractivity contribution in [1.82, 2.24) is 0 Å². The maximum absolute atomic E-state index is 11.1. The summed E-state index contributed by atoms with van der Waals surface area (Å²) in [4.78, 5) is 11.1. The molecule has 3 nitrogen and oxygen atoms in total. The molecule has 0 aromatic heterocycles. The Morgan fingerprint density at radius 3 is 2.86 bits per heavy atom. The number of aromatic carboxylic acids is 1. The van der Waals surface area contributed by atoms with E-state index in [0.717, 1.165) is 24.7 Å². The molecule has 0 amide bonds. The summed E-state index contributed by atoms with van der Waals surface area (Å²) in [5.41, 5.74) is 4.22. The molecule has 28 heavy (non-hydrogen) atoms. The van der Waals surface area contributed by atoms with Crippen LogP contribution in [0.1, 0.15) is 81.6 Å². The van der Waals surface area contributed by atoms with Crippen molar-refractivity contribution in [3.05, 3.63) is 52.6 Å². The molecule has 1 saturated carbocycles. The van der Waals surface area contributed by atoms with Crippen molar-refractivity contribution in [2.45, 2.75) is 72.1 Å². The topological polar surface area (TPSA) is 57.5 Å². The van der Waals surface area contributed by atoms with Gasteiger partial charge in [0.25, 0.3) is 0 Å². The minimum Gasteiger partial charge on any atom is -0.508 e. The zero-order valence-corrected chi connectivity index (χ0v) is 17.5. The Labute approximate surface area is 169 Å². The van der Waals surface area contributed by atoms with Crippen LogP contribution in [0.3, 0.4) is 0 Å². The molecule has 3 atom stereocenters. The number of phenolic OH excluding ortho intramolecular Hbond substituents is 1. The Kier molecular flexibility index (Phi) is 6.32. The maximum atomic E-state index is 11.1. The number of carboxylic acid groups (broad SMARTS) is 1. The second kappa shape index (κ2) is 8.55. The van der Waals surface area contributed by atoms with Gasteiger partial charge in [0.1, 0.15) is 5.75 Å². The molecule has 0 heterocycles. The number of carbonyl (C=O) groups is 1. The standard InChI is InChI=1S/C25H34O3/c1-17(9-11-19-16-20(24(27)28)12-14-23(19)26)10-13-21-7-4-8-22-18(2)6-5-15-25(21,22)3/h7,9,12,14,16,18,22,26H,4-6,8,10-11,13,15H2,1-3H3,(H,27,28)/b17-9+/t18?,22?,25-/m0/s1. The number of benzene rings is 1. The molecule has 2 unspecified atom stereocenters. The van der Waals surface area contributed by atoms with E-state index in [1.807, 2.05) is 0 Å². The van der Waals surface area contributed by atoms with Crippen molar-refractivity contribution in [2.75, 3.05) is 0 Å². The zero-order chi connectivity index (χ0) is 20.3. The van der Waals surface area contributed by atoms with Crippen molar-refractivity contribution in [3.63, 3.8) is 0 Å². The highest BCUT2D eigenvalue weighted by atomic mass is 16.4. The van der Waals surface area contributed by atoms with Crippen LogP contribution in [0.2, 0.25) is 0 Å². The van der Waals surface area contributed by atoms with E-state index in [1.54, 1.807) is 11.6 Å². The van der Waals surface area contributed by atoms with Crippen molar-refractivity contribution in [2.24, 2.45) is 17.3 Å². The Balaban J connectivity index is 1.64. The first kappa shape index (κ1) is 20.7. The minimum absolute atomic E-state index is 0.163. The predicted molar refractivity (Wildman–Crippen MR) is 114 cm³/mol. The van der Waals surface area contributed by atoms with Gasteiger partial charge in [0.15, 0.2) is 0 Å². The molecule has 1 aromatic rings. The van der Waals surface area contributed by atoms with Crippen LogP contribution >= 0.6 is 0 Å². The number of fused-ring (bicyclic) bond motifs is 1. The largest absolute Gasteiger partial charge is 0.508 e. The Morgan fingerprint density at radius 1 is 1.32 bits per heavy atom. The van der Waals surface area contributed by atoms with Crippen molar-refractivity contribution in [3.8, 4) is 5.75 Å². The van der Waals surface area contributed by atoms with Gasteiger partial charge in [-0.15, -0.1) is 0 Å². The van der Waals surface area contributed by atoms with Crippen LogP contribution in [0, 0.1) is 17.3 Å². The van der Waals surface area contributed by atoms with E-state index >= 15 is 0 Å². The second-order valence-electron chi connectivity index (χ2n) is 9.10. The van der Waals surface area contributed by atoms with Gasteiger partial charge in [-0.1, -0.05) is 50.0 Å². The molecular weight excluding hydrogens is 348 g/mol. The number of rotatable bonds is 6. The fourth-order valence-corrected chi connectivity index (χ4v) is 5.47. The lowest BCUT2D eigenvalue weighted by molar-refractivity contribution is 0.0696. The highest BCUT2D eigenvalue weighted by molar-refractivity contribution is 5.88. The van der Waals surface area contributed by atoms with Gasteiger partial charge in [0, 0.05) is 0 Å². The van der Waals surface area contributed by atoms with Crippen molar-refractivity contribution >= 4 is 5.97 Å². The number of hydrogen-bond donors (Lipinski definition) is 2. The van der Waals surface area contributed by atoms with Gasteiger partial charge in [-0.05, 0) is 86.5 Å². The number of hydrogen-bond acceptors (Lipinski definition) is 2. The quantitative estimate of drug-likeness (QED) is 0.550.